The molecule has 0 bridgehead atoms. The lowest BCUT2D eigenvalue weighted by Crippen LogP contribution is -2.38. The van der Waals surface area contributed by atoms with E-state index < -0.39 is 18.0 Å². The molecule has 0 fully saturated rings. The van der Waals surface area contributed by atoms with Gasteiger partial charge in [0, 0.05) is 18.5 Å². The maximum Gasteiger partial charge on any atom is 0.375 e. The van der Waals surface area contributed by atoms with Crippen LogP contribution in [0, 0.1) is 6.92 Å². The van der Waals surface area contributed by atoms with E-state index in [1.165, 1.54) is 6.92 Å². The highest BCUT2D eigenvalue weighted by Gasteiger charge is 2.22. The Morgan fingerprint density at radius 1 is 1.10 bits per heavy atom. The van der Waals surface area contributed by atoms with E-state index in [2.05, 4.69) is 12.2 Å². The first-order chi connectivity index (χ1) is 14.4. The van der Waals surface area contributed by atoms with Crippen molar-refractivity contribution in [2.75, 3.05) is 6.54 Å². The standard InChI is InChI=1S/C24H25NO5/c1-4-17(18-8-6-5-7-9-18)14-25-23(27)16(3)29-24(28)22-13-20(26)19-12-15(2)10-11-21(19)30-22/h5-13,16-17H,4,14H2,1-3H3,(H,25,27)/t16-,17+/m0/s1. The minimum absolute atomic E-state index is 0.167. The van der Waals surface area contributed by atoms with Gasteiger partial charge in [-0.3, -0.25) is 9.59 Å². The van der Waals surface area contributed by atoms with Gasteiger partial charge in [-0.15, -0.1) is 0 Å². The molecule has 1 aromatic heterocycles. The maximum absolute atomic E-state index is 12.4. The number of nitrogens with one attached hydrogen (secondary N) is 1. The van der Waals surface area contributed by atoms with Crippen LogP contribution in [0.15, 0.2) is 63.8 Å². The van der Waals surface area contributed by atoms with Gasteiger partial charge < -0.3 is 14.5 Å². The predicted octanol–water partition coefficient (Wildman–Crippen LogP) is 3.96. The third-order valence-corrected chi connectivity index (χ3v) is 5.02. The fraction of sp³-hybridized carbons (Fsp3) is 0.292. The van der Waals surface area contributed by atoms with Gasteiger partial charge in [0.05, 0.1) is 5.39 Å². The molecule has 1 N–H and O–H groups in total. The van der Waals surface area contributed by atoms with Crippen molar-refractivity contribution in [3.05, 3.63) is 81.7 Å². The topological polar surface area (TPSA) is 85.6 Å². The summed E-state index contributed by atoms with van der Waals surface area (Å²) in [6, 6.07) is 16.1. The molecule has 0 aliphatic rings. The molecule has 156 valence electrons. The molecule has 1 amide bonds. The second kappa shape index (κ2) is 9.39. The molecule has 6 heteroatoms. The Morgan fingerprint density at radius 2 is 1.83 bits per heavy atom. The van der Waals surface area contributed by atoms with Crippen LogP contribution in [0.5, 0.6) is 0 Å². The number of carbonyl (C=O) groups excluding carboxylic acids is 2. The van der Waals surface area contributed by atoms with Crippen LogP contribution >= 0.6 is 0 Å². The Bertz CT molecular complexity index is 1100. The lowest BCUT2D eigenvalue weighted by atomic mass is 9.96. The summed E-state index contributed by atoms with van der Waals surface area (Å²) in [5.41, 5.74) is 2.01. The van der Waals surface area contributed by atoms with Crippen molar-refractivity contribution in [2.45, 2.75) is 39.2 Å². The average Bonchev–Trinajstić information content (AvgIpc) is 2.75. The Kier molecular flexibility index (Phi) is 6.67. The summed E-state index contributed by atoms with van der Waals surface area (Å²) in [6.45, 7) is 5.84. The van der Waals surface area contributed by atoms with E-state index in [0.717, 1.165) is 23.6 Å². The van der Waals surface area contributed by atoms with E-state index in [4.69, 9.17) is 9.15 Å². The highest BCUT2D eigenvalue weighted by molar-refractivity contribution is 5.91. The van der Waals surface area contributed by atoms with Crippen molar-refractivity contribution >= 4 is 22.8 Å². The summed E-state index contributed by atoms with van der Waals surface area (Å²) in [5.74, 6) is -1.32. The Labute approximate surface area is 174 Å². The molecule has 0 aliphatic heterocycles. The van der Waals surface area contributed by atoms with Gasteiger partial charge in [0.2, 0.25) is 5.76 Å². The van der Waals surface area contributed by atoms with Crippen LogP contribution in [0.4, 0.5) is 0 Å². The van der Waals surface area contributed by atoms with E-state index in [-0.39, 0.29) is 17.1 Å². The van der Waals surface area contributed by atoms with Gasteiger partial charge >= 0.3 is 5.97 Å². The highest BCUT2D eigenvalue weighted by Crippen LogP contribution is 2.18. The number of rotatable bonds is 7. The number of hydrogen-bond acceptors (Lipinski definition) is 5. The van der Waals surface area contributed by atoms with E-state index >= 15 is 0 Å². The molecule has 0 radical (unpaired) electrons. The predicted molar refractivity (Wildman–Crippen MR) is 115 cm³/mol. The first kappa shape index (κ1) is 21.3. The third-order valence-electron chi connectivity index (χ3n) is 5.02. The molecule has 0 aliphatic carbocycles. The number of carbonyl (C=O) groups is 2. The quantitative estimate of drug-likeness (QED) is 0.599. The smallest absolute Gasteiger partial charge is 0.375 e. The molecule has 0 saturated carbocycles. The molecule has 3 aromatic rings. The largest absolute Gasteiger partial charge is 0.449 e. The fourth-order valence-corrected chi connectivity index (χ4v) is 3.23. The summed E-state index contributed by atoms with van der Waals surface area (Å²) in [7, 11) is 0. The van der Waals surface area contributed by atoms with Gasteiger partial charge in [-0.1, -0.05) is 48.9 Å². The van der Waals surface area contributed by atoms with Gasteiger partial charge in [-0.25, -0.2) is 4.79 Å². The van der Waals surface area contributed by atoms with E-state index in [1.54, 1.807) is 18.2 Å². The molecule has 0 unspecified atom stereocenters. The monoisotopic (exact) mass is 407 g/mol. The Morgan fingerprint density at radius 3 is 2.53 bits per heavy atom. The summed E-state index contributed by atoms with van der Waals surface area (Å²) in [5, 5.41) is 3.22. The van der Waals surface area contributed by atoms with Crippen LogP contribution in [0.3, 0.4) is 0 Å². The number of amides is 1. The second-order valence-corrected chi connectivity index (χ2v) is 7.28. The van der Waals surface area contributed by atoms with Gasteiger partial charge in [0.1, 0.15) is 5.58 Å². The number of esters is 1. The summed E-state index contributed by atoms with van der Waals surface area (Å²) >= 11 is 0. The number of aryl methyl sites for hydroxylation is 1. The molecular formula is C24H25NO5. The minimum Gasteiger partial charge on any atom is -0.449 e. The van der Waals surface area contributed by atoms with Crippen molar-refractivity contribution in [3.63, 3.8) is 0 Å². The van der Waals surface area contributed by atoms with Gasteiger partial charge in [0.15, 0.2) is 11.5 Å². The lowest BCUT2D eigenvalue weighted by molar-refractivity contribution is -0.129. The molecule has 2 aromatic carbocycles. The van der Waals surface area contributed by atoms with Crippen molar-refractivity contribution < 1.29 is 18.7 Å². The van der Waals surface area contributed by atoms with Crippen molar-refractivity contribution in [2.24, 2.45) is 0 Å². The average molecular weight is 407 g/mol. The van der Waals surface area contributed by atoms with Crippen LogP contribution in [0.2, 0.25) is 0 Å². The van der Waals surface area contributed by atoms with Crippen molar-refractivity contribution in [1.82, 2.24) is 5.32 Å². The molecule has 2 atom stereocenters. The zero-order chi connectivity index (χ0) is 21.7. The van der Waals surface area contributed by atoms with Crippen molar-refractivity contribution in [3.8, 4) is 0 Å². The molecule has 1 heterocycles. The number of benzene rings is 2. The van der Waals surface area contributed by atoms with E-state index in [0.29, 0.717) is 17.5 Å². The van der Waals surface area contributed by atoms with Crippen LogP contribution < -0.4 is 10.7 Å². The Hall–Kier alpha value is -3.41. The number of hydrogen-bond donors (Lipinski definition) is 1. The van der Waals surface area contributed by atoms with Crippen LogP contribution in [-0.2, 0) is 9.53 Å². The van der Waals surface area contributed by atoms with Gasteiger partial charge in [-0.05, 0) is 38.0 Å². The van der Waals surface area contributed by atoms with Crippen LogP contribution in [0.1, 0.15) is 47.9 Å². The zero-order valence-corrected chi connectivity index (χ0v) is 17.3. The Balaban J connectivity index is 1.63. The second-order valence-electron chi connectivity index (χ2n) is 7.28. The van der Waals surface area contributed by atoms with Gasteiger partial charge in [-0.2, -0.15) is 0 Å². The molecule has 3 rings (SSSR count). The molecule has 0 spiro atoms. The van der Waals surface area contributed by atoms with Crippen LogP contribution in [-0.4, -0.2) is 24.5 Å². The lowest BCUT2D eigenvalue weighted by Gasteiger charge is -2.18. The molecule has 6 nitrogen and oxygen atoms in total. The molecule has 0 saturated heterocycles. The van der Waals surface area contributed by atoms with E-state index in [9.17, 15) is 14.4 Å². The van der Waals surface area contributed by atoms with Crippen molar-refractivity contribution in [1.29, 1.82) is 0 Å². The molecule has 30 heavy (non-hydrogen) atoms. The first-order valence-corrected chi connectivity index (χ1v) is 9.97. The van der Waals surface area contributed by atoms with E-state index in [1.807, 2.05) is 37.3 Å². The fourth-order valence-electron chi connectivity index (χ4n) is 3.23. The summed E-state index contributed by atoms with van der Waals surface area (Å²) in [6.07, 6.45) is -0.162. The summed E-state index contributed by atoms with van der Waals surface area (Å²) < 4.78 is 10.7. The SMILES string of the molecule is CC[C@H](CNC(=O)[C@H](C)OC(=O)c1cc(=O)c2cc(C)ccc2o1)c1ccccc1. The normalized spacial score (nSPS) is 12.9. The highest BCUT2D eigenvalue weighted by atomic mass is 16.6. The first-order valence-electron chi connectivity index (χ1n) is 9.97. The minimum atomic E-state index is -1.02. The summed E-state index contributed by atoms with van der Waals surface area (Å²) in [4.78, 5) is 37.1. The van der Waals surface area contributed by atoms with Gasteiger partial charge in [0.25, 0.3) is 5.91 Å². The number of ether oxygens (including phenoxy) is 1. The number of fused-ring (bicyclic) bond motifs is 1. The van der Waals surface area contributed by atoms with Crippen LogP contribution in [0.25, 0.3) is 11.0 Å². The maximum atomic E-state index is 12.4. The molecular weight excluding hydrogens is 382 g/mol. The third kappa shape index (κ3) is 4.95. The zero-order valence-electron chi connectivity index (χ0n) is 17.3.